The number of aryl methyl sites for hydroxylation is 2. The molecule has 0 aliphatic heterocycles. The molecule has 98 valence electrons. The van der Waals surface area contributed by atoms with Crippen LogP contribution in [-0.2, 0) is 17.1 Å². The maximum atomic E-state index is 12.2. The second kappa shape index (κ2) is 5.18. The summed E-state index contributed by atoms with van der Waals surface area (Å²) in [4.78, 5) is 0.308. The van der Waals surface area contributed by atoms with Crippen LogP contribution in [0.3, 0.4) is 0 Å². The molecule has 0 aliphatic carbocycles. The van der Waals surface area contributed by atoms with Crippen LogP contribution >= 0.6 is 0 Å². The maximum absolute atomic E-state index is 12.2. The third-order valence-electron chi connectivity index (χ3n) is 2.79. The molecule has 0 fully saturated rings. The molecule has 0 spiro atoms. The van der Waals surface area contributed by atoms with E-state index in [1.165, 1.54) is 0 Å². The Balaban J connectivity index is 3.05. The monoisotopic (exact) mass is 259 g/mol. The summed E-state index contributed by atoms with van der Waals surface area (Å²) in [7, 11) is -1.71. The molecule has 0 radical (unpaired) electrons. The van der Waals surface area contributed by atoms with Gasteiger partial charge in [-0.2, -0.15) is 5.10 Å². The molecule has 17 heavy (non-hydrogen) atoms. The Bertz CT molecular complexity index is 491. The van der Waals surface area contributed by atoms with Gasteiger partial charge >= 0.3 is 0 Å². The maximum Gasteiger partial charge on any atom is 0.244 e. The van der Waals surface area contributed by atoms with E-state index in [0.29, 0.717) is 16.3 Å². The van der Waals surface area contributed by atoms with Crippen LogP contribution in [0.2, 0.25) is 0 Å². The summed E-state index contributed by atoms with van der Waals surface area (Å²) in [5.74, 6) is 0. The number of hydrogen-bond acceptors (Lipinski definition) is 3. The lowest BCUT2D eigenvalue weighted by Gasteiger charge is -2.13. The van der Waals surface area contributed by atoms with E-state index in [1.807, 2.05) is 13.8 Å². The van der Waals surface area contributed by atoms with Gasteiger partial charge in [0.15, 0.2) is 0 Å². The minimum absolute atomic E-state index is 0.0518. The van der Waals surface area contributed by atoms with Gasteiger partial charge in [0.05, 0.1) is 11.4 Å². The van der Waals surface area contributed by atoms with Crippen LogP contribution in [0.4, 0.5) is 0 Å². The highest BCUT2D eigenvalue weighted by atomic mass is 32.2. The summed E-state index contributed by atoms with van der Waals surface area (Å²) in [5, 5.41) is 4.13. The van der Waals surface area contributed by atoms with E-state index in [-0.39, 0.29) is 6.04 Å². The van der Waals surface area contributed by atoms with Gasteiger partial charge in [-0.3, -0.25) is 4.68 Å². The van der Waals surface area contributed by atoms with Crippen molar-refractivity contribution in [2.75, 3.05) is 0 Å². The lowest BCUT2D eigenvalue weighted by molar-refractivity contribution is 0.543. The van der Waals surface area contributed by atoms with Gasteiger partial charge in [-0.25, -0.2) is 13.1 Å². The second-order valence-electron chi connectivity index (χ2n) is 4.43. The van der Waals surface area contributed by atoms with Crippen molar-refractivity contribution < 1.29 is 8.42 Å². The van der Waals surface area contributed by atoms with Crippen LogP contribution in [0.5, 0.6) is 0 Å². The average molecular weight is 259 g/mol. The molecule has 0 saturated carbocycles. The molecule has 5 nitrogen and oxygen atoms in total. The standard InChI is InChI=1S/C11H21N3O2S/c1-6-7-8(2)13-17(15,16)11-9(3)12-14(5)10(11)4/h8,13H,6-7H2,1-5H3. The first kappa shape index (κ1) is 14.2. The molecule has 0 aliphatic rings. The fraction of sp³-hybridized carbons (Fsp3) is 0.727. The Labute approximate surface area is 103 Å². The zero-order valence-electron chi connectivity index (χ0n) is 11.1. The predicted molar refractivity (Wildman–Crippen MR) is 67.4 cm³/mol. The number of rotatable bonds is 5. The molecule has 1 heterocycles. The third-order valence-corrected chi connectivity index (χ3v) is 4.63. The third kappa shape index (κ3) is 3.07. The molecule has 0 bridgehead atoms. The molecular formula is C11H21N3O2S. The van der Waals surface area contributed by atoms with Crippen molar-refractivity contribution >= 4 is 10.0 Å². The van der Waals surface area contributed by atoms with E-state index < -0.39 is 10.0 Å². The normalized spacial score (nSPS) is 13.9. The quantitative estimate of drug-likeness (QED) is 0.871. The Morgan fingerprint density at radius 2 is 2.00 bits per heavy atom. The summed E-state index contributed by atoms with van der Waals surface area (Å²) in [6.07, 6.45) is 1.78. The number of nitrogens with zero attached hydrogens (tertiary/aromatic N) is 2. The molecule has 1 aromatic rings. The van der Waals surface area contributed by atoms with E-state index in [0.717, 1.165) is 12.8 Å². The highest BCUT2D eigenvalue weighted by Crippen LogP contribution is 2.18. The molecule has 1 unspecified atom stereocenters. The first-order chi connectivity index (χ1) is 7.79. The molecule has 1 aromatic heterocycles. The number of sulfonamides is 1. The van der Waals surface area contributed by atoms with E-state index in [1.54, 1.807) is 25.6 Å². The minimum atomic E-state index is -3.46. The molecule has 0 aromatic carbocycles. The van der Waals surface area contributed by atoms with E-state index in [4.69, 9.17) is 0 Å². The van der Waals surface area contributed by atoms with Crippen molar-refractivity contribution in [2.24, 2.45) is 7.05 Å². The number of nitrogens with one attached hydrogen (secondary N) is 1. The first-order valence-electron chi connectivity index (χ1n) is 5.82. The van der Waals surface area contributed by atoms with E-state index >= 15 is 0 Å². The van der Waals surface area contributed by atoms with Crippen molar-refractivity contribution in [3.8, 4) is 0 Å². The average Bonchev–Trinajstić information content (AvgIpc) is 2.40. The van der Waals surface area contributed by atoms with Crippen molar-refractivity contribution in [2.45, 2.75) is 51.5 Å². The Morgan fingerprint density at radius 3 is 2.41 bits per heavy atom. The summed E-state index contributed by atoms with van der Waals surface area (Å²) in [6.45, 7) is 7.39. The van der Waals surface area contributed by atoms with E-state index in [2.05, 4.69) is 9.82 Å². The fourth-order valence-electron chi connectivity index (χ4n) is 1.96. The highest BCUT2D eigenvalue weighted by molar-refractivity contribution is 7.89. The SMILES string of the molecule is CCCC(C)NS(=O)(=O)c1c(C)nn(C)c1C. The zero-order valence-corrected chi connectivity index (χ0v) is 11.9. The van der Waals surface area contributed by atoms with Crippen molar-refractivity contribution in [1.29, 1.82) is 0 Å². The van der Waals surface area contributed by atoms with Crippen LogP contribution in [-0.4, -0.2) is 24.2 Å². The lowest BCUT2D eigenvalue weighted by atomic mass is 10.2. The van der Waals surface area contributed by atoms with Gasteiger partial charge in [0, 0.05) is 13.1 Å². The van der Waals surface area contributed by atoms with Crippen LogP contribution in [0.25, 0.3) is 0 Å². The molecular weight excluding hydrogens is 238 g/mol. The minimum Gasteiger partial charge on any atom is -0.271 e. The van der Waals surface area contributed by atoms with Crippen molar-refractivity contribution in [3.63, 3.8) is 0 Å². The predicted octanol–water partition coefficient (Wildman–Crippen LogP) is 1.50. The van der Waals surface area contributed by atoms with Gasteiger partial charge in [-0.05, 0) is 27.2 Å². The van der Waals surface area contributed by atoms with Gasteiger partial charge in [0.2, 0.25) is 10.0 Å². The van der Waals surface area contributed by atoms with Gasteiger partial charge in [0.1, 0.15) is 4.90 Å². The summed E-state index contributed by atoms with van der Waals surface area (Å²) in [6, 6.07) is -0.0518. The summed E-state index contributed by atoms with van der Waals surface area (Å²) in [5.41, 5.74) is 1.21. The fourth-order valence-corrected chi connectivity index (χ4v) is 3.67. The molecule has 0 saturated heterocycles. The summed E-state index contributed by atoms with van der Waals surface area (Å²) < 4.78 is 28.7. The second-order valence-corrected chi connectivity index (χ2v) is 6.09. The molecule has 0 amide bonds. The first-order valence-corrected chi connectivity index (χ1v) is 7.30. The molecule has 6 heteroatoms. The molecule has 1 atom stereocenters. The van der Waals surface area contributed by atoms with Gasteiger partial charge in [0.25, 0.3) is 0 Å². The van der Waals surface area contributed by atoms with Gasteiger partial charge in [-0.15, -0.1) is 0 Å². The van der Waals surface area contributed by atoms with Gasteiger partial charge in [-0.1, -0.05) is 13.3 Å². The van der Waals surface area contributed by atoms with E-state index in [9.17, 15) is 8.42 Å². The van der Waals surface area contributed by atoms with Crippen LogP contribution in [0, 0.1) is 13.8 Å². The van der Waals surface area contributed by atoms with Gasteiger partial charge < -0.3 is 0 Å². The molecule has 1 rings (SSSR count). The Morgan fingerprint density at radius 1 is 1.41 bits per heavy atom. The van der Waals surface area contributed by atoms with Crippen LogP contribution in [0.1, 0.15) is 38.1 Å². The largest absolute Gasteiger partial charge is 0.271 e. The number of aromatic nitrogens is 2. The van der Waals surface area contributed by atoms with Crippen molar-refractivity contribution in [3.05, 3.63) is 11.4 Å². The zero-order chi connectivity index (χ0) is 13.2. The smallest absolute Gasteiger partial charge is 0.244 e. The number of hydrogen-bond donors (Lipinski definition) is 1. The lowest BCUT2D eigenvalue weighted by Crippen LogP contribution is -2.33. The molecule has 1 N–H and O–H groups in total. The van der Waals surface area contributed by atoms with Crippen LogP contribution < -0.4 is 4.72 Å². The van der Waals surface area contributed by atoms with Crippen LogP contribution in [0.15, 0.2) is 4.90 Å². The Hall–Kier alpha value is -0.880. The summed E-state index contributed by atoms with van der Waals surface area (Å²) >= 11 is 0. The topological polar surface area (TPSA) is 64.0 Å². The Kier molecular flexibility index (Phi) is 4.32. The highest BCUT2D eigenvalue weighted by Gasteiger charge is 2.24. The van der Waals surface area contributed by atoms with Crippen molar-refractivity contribution in [1.82, 2.24) is 14.5 Å².